The summed E-state index contributed by atoms with van der Waals surface area (Å²) in [5.41, 5.74) is 0.944. The third kappa shape index (κ3) is 6.12. The molecule has 0 radical (unpaired) electrons. The molecule has 11 heteroatoms. The molecule has 1 aromatic heterocycles. The maximum atomic E-state index is 12.6. The highest BCUT2D eigenvalue weighted by molar-refractivity contribution is 7.94. The van der Waals surface area contributed by atoms with Crippen LogP contribution in [0.2, 0.25) is 0 Å². The summed E-state index contributed by atoms with van der Waals surface area (Å²) in [5, 5.41) is 10.7. The molecule has 9 nitrogen and oxygen atoms in total. The van der Waals surface area contributed by atoms with Crippen molar-refractivity contribution in [3.05, 3.63) is 72.1 Å². The number of carbonyl (C=O) groups excluding carboxylic acids is 2. The molecule has 176 valence electrons. The summed E-state index contributed by atoms with van der Waals surface area (Å²) in [5.74, 6) is -0.982. The van der Waals surface area contributed by atoms with Crippen molar-refractivity contribution in [2.45, 2.75) is 4.21 Å². The SMILES string of the molecule is CN(c1ccc(OCC(=O)OCC(=O)N(CC#N)c2ccccc2)cc1)S(=O)(=O)c1cccs1. The van der Waals surface area contributed by atoms with Gasteiger partial charge in [-0.15, -0.1) is 11.3 Å². The number of amides is 1. The van der Waals surface area contributed by atoms with E-state index in [2.05, 4.69) is 0 Å². The molecule has 0 saturated carbocycles. The molecule has 0 aliphatic rings. The third-order valence-corrected chi connectivity index (χ3v) is 7.78. The Balaban J connectivity index is 1.51. The molecule has 0 unspecified atom stereocenters. The number of hydrogen-bond donors (Lipinski definition) is 0. The third-order valence-electron chi connectivity index (χ3n) is 4.62. The molecule has 0 spiro atoms. The summed E-state index contributed by atoms with van der Waals surface area (Å²) in [6.45, 7) is -1.16. The van der Waals surface area contributed by atoms with Crippen molar-refractivity contribution >= 4 is 44.6 Å². The van der Waals surface area contributed by atoms with E-state index in [9.17, 15) is 18.0 Å². The maximum Gasteiger partial charge on any atom is 0.344 e. The Labute approximate surface area is 201 Å². The zero-order valence-electron chi connectivity index (χ0n) is 18.2. The molecule has 0 bridgehead atoms. The number of para-hydroxylation sites is 1. The van der Waals surface area contributed by atoms with Gasteiger partial charge in [-0.05, 0) is 47.8 Å². The molecule has 0 aliphatic heterocycles. The van der Waals surface area contributed by atoms with Crippen LogP contribution in [-0.2, 0) is 24.3 Å². The van der Waals surface area contributed by atoms with Crippen LogP contribution in [0, 0.1) is 11.3 Å². The van der Waals surface area contributed by atoms with Gasteiger partial charge < -0.3 is 9.47 Å². The quantitative estimate of drug-likeness (QED) is 0.311. The first-order chi connectivity index (χ1) is 16.3. The molecule has 1 amide bonds. The Hall–Kier alpha value is -3.88. The van der Waals surface area contributed by atoms with Gasteiger partial charge in [-0.25, -0.2) is 13.2 Å². The lowest BCUT2D eigenvalue weighted by Gasteiger charge is -2.19. The van der Waals surface area contributed by atoms with E-state index in [0.717, 1.165) is 15.6 Å². The van der Waals surface area contributed by atoms with Crippen molar-refractivity contribution in [1.82, 2.24) is 0 Å². The molecule has 3 rings (SSSR count). The number of nitriles is 1. The van der Waals surface area contributed by atoms with Crippen molar-refractivity contribution in [3.8, 4) is 11.8 Å². The van der Waals surface area contributed by atoms with Crippen LogP contribution in [0.5, 0.6) is 5.75 Å². The van der Waals surface area contributed by atoms with Crippen LogP contribution in [0.4, 0.5) is 11.4 Å². The Morgan fingerprint density at radius 3 is 2.29 bits per heavy atom. The molecular weight excluding hydrogens is 478 g/mol. The van der Waals surface area contributed by atoms with Gasteiger partial charge in [0.2, 0.25) is 0 Å². The lowest BCUT2D eigenvalue weighted by molar-refractivity contribution is -0.149. The van der Waals surface area contributed by atoms with Crippen LogP contribution in [-0.4, -0.2) is 47.1 Å². The van der Waals surface area contributed by atoms with E-state index < -0.39 is 35.1 Å². The highest BCUT2D eigenvalue weighted by Gasteiger charge is 2.22. The van der Waals surface area contributed by atoms with E-state index in [1.165, 1.54) is 30.1 Å². The Morgan fingerprint density at radius 1 is 0.971 bits per heavy atom. The molecule has 2 aromatic carbocycles. The number of rotatable bonds is 10. The minimum atomic E-state index is -3.65. The van der Waals surface area contributed by atoms with Gasteiger partial charge in [-0.3, -0.25) is 14.0 Å². The fraction of sp³-hybridized carbons (Fsp3) is 0.174. The Bertz CT molecular complexity index is 1250. The highest BCUT2D eigenvalue weighted by Crippen LogP contribution is 2.26. The number of carbonyl (C=O) groups is 2. The fourth-order valence-electron chi connectivity index (χ4n) is 2.84. The van der Waals surface area contributed by atoms with E-state index in [1.807, 2.05) is 6.07 Å². The zero-order valence-corrected chi connectivity index (χ0v) is 19.8. The molecule has 1 heterocycles. The number of benzene rings is 2. The first-order valence-electron chi connectivity index (χ1n) is 9.96. The van der Waals surface area contributed by atoms with Gasteiger partial charge in [0.25, 0.3) is 15.9 Å². The summed E-state index contributed by atoms with van der Waals surface area (Å²) >= 11 is 1.13. The van der Waals surface area contributed by atoms with E-state index >= 15 is 0 Å². The predicted octanol–water partition coefficient (Wildman–Crippen LogP) is 3.05. The van der Waals surface area contributed by atoms with Crippen LogP contribution >= 0.6 is 11.3 Å². The average molecular weight is 500 g/mol. The fourth-order valence-corrected chi connectivity index (χ4v) is 5.20. The van der Waals surface area contributed by atoms with Crippen molar-refractivity contribution in [2.75, 3.05) is 36.0 Å². The van der Waals surface area contributed by atoms with Crippen LogP contribution < -0.4 is 13.9 Å². The first kappa shape index (κ1) is 24.8. The maximum absolute atomic E-state index is 12.6. The minimum Gasteiger partial charge on any atom is -0.482 e. The second kappa shape index (κ2) is 11.3. The van der Waals surface area contributed by atoms with Gasteiger partial charge in [0.15, 0.2) is 13.2 Å². The minimum absolute atomic E-state index is 0.181. The Kier molecular flexibility index (Phi) is 8.24. The first-order valence-corrected chi connectivity index (χ1v) is 12.3. The average Bonchev–Trinajstić information content (AvgIpc) is 3.41. The van der Waals surface area contributed by atoms with Crippen LogP contribution in [0.15, 0.2) is 76.3 Å². The second-order valence-corrected chi connectivity index (χ2v) is 9.97. The van der Waals surface area contributed by atoms with Gasteiger partial charge in [0.05, 0.1) is 11.8 Å². The molecule has 0 saturated heterocycles. The van der Waals surface area contributed by atoms with Crippen LogP contribution in [0.1, 0.15) is 0 Å². The summed E-state index contributed by atoms with van der Waals surface area (Å²) in [6.07, 6.45) is 0. The van der Waals surface area contributed by atoms with E-state index in [-0.39, 0.29) is 10.8 Å². The van der Waals surface area contributed by atoms with E-state index in [4.69, 9.17) is 14.7 Å². The molecular formula is C23H21N3O6S2. The largest absolute Gasteiger partial charge is 0.482 e. The lowest BCUT2D eigenvalue weighted by atomic mass is 10.3. The summed E-state index contributed by atoms with van der Waals surface area (Å²) < 4.78 is 36.9. The molecule has 34 heavy (non-hydrogen) atoms. The molecule has 0 aliphatic carbocycles. The van der Waals surface area contributed by atoms with Crippen molar-refractivity contribution in [2.24, 2.45) is 0 Å². The molecule has 0 N–H and O–H groups in total. The van der Waals surface area contributed by atoms with Gasteiger partial charge in [-0.1, -0.05) is 24.3 Å². The van der Waals surface area contributed by atoms with E-state index in [0.29, 0.717) is 17.1 Å². The summed E-state index contributed by atoms with van der Waals surface area (Å²) in [6, 6.07) is 19.8. The molecule has 0 fully saturated rings. The van der Waals surface area contributed by atoms with Crippen molar-refractivity contribution in [3.63, 3.8) is 0 Å². The van der Waals surface area contributed by atoms with Gasteiger partial charge >= 0.3 is 5.97 Å². The molecule has 0 atom stereocenters. The summed E-state index contributed by atoms with van der Waals surface area (Å²) in [4.78, 5) is 25.6. The number of ether oxygens (including phenoxy) is 2. The van der Waals surface area contributed by atoms with Crippen molar-refractivity contribution < 1.29 is 27.5 Å². The number of anilines is 2. The summed E-state index contributed by atoms with van der Waals surface area (Å²) in [7, 11) is -2.20. The smallest absolute Gasteiger partial charge is 0.344 e. The van der Waals surface area contributed by atoms with Crippen LogP contribution in [0.25, 0.3) is 0 Å². The van der Waals surface area contributed by atoms with Crippen LogP contribution in [0.3, 0.4) is 0 Å². The number of esters is 1. The zero-order chi connectivity index (χ0) is 24.6. The number of thiophene rings is 1. The second-order valence-electron chi connectivity index (χ2n) is 6.82. The standard InChI is InChI=1S/C23H21N3O6S2/c1-25(34(29,30)23-8-5-15-33-23)18-9-11-20(12-10-18)31-17-22(28)32-16-21(27)26(14-13-24)19-6-3-2-4-7-19/h2-12,15H,14,16-17H2,1H3. The number of sulfonamides is 1. The number of nitrogens with zero attached hydrogens (tertiary/aromatic N) is 3. The van der Waals surface area contributed by atoms with Gasteiger partial charge in [0.1, 0.15) is 16.5 Å². The van der Waals surface area contributed by atoms with Gasteiger partial charge in [-0.2, -0.15) is 5.26 Å². The Morgan fingerprint density at radius 2 is 1.68 bits per heavy atom. The molecule has 3 aromatic rings. The van der Waals surface area contributed by atoms with Gasteiger partial charge in [0, 0.05) is 12.7 Å². The normalized spacial score (nSPS) is 10.7. The lowest BCUT2D eigenvalue weighted by Crippen LogP contribution is -2.35. The predicted molar refractivity (Wildman–Crippen MR) is 127 cm³/mol. The highest BCUT2D eigenvalue weighted by atomic mass is 32.2. The van der Waals surface area contributed by atoms with Crippen molar-refractivity contribution in [1.29, 1.82) is 5.26 Å². The number of hydrogen-bond acceptors (Lipinski definition) is 8. The monoisotopic (exact) mass is 499 g/mol. The topological polar surface area (TPSA) is 117 Å². The van der Waals surface area contributed by atoms with E-state index in [1.54, 1.807) is 53.9 Å².